The van der Waals surface area contributed by atoms with Crippen LogP contribution in [0.3, 0.4) is 0 Å². The Kier molecular flexibility index (Phi) is 1.57. The summed E-state index contributed by atoms with van der Waals surface area (Å²) in [5.74, 6) is 0.626. The fourth-order valence-electron chi connectivity index (χ4n) is 0.699. The second-order valence-corrected chi connectivity index (χ2v) is 2.51. The van der Waals surface area contributed by atoms with Crippen molar-refractivity contribution in [1.82, 2.24) is 19.3 Å². The van der Waals surface area contributed by atoms with Crippen molar-refractivity contribution in [3.05, 3.63) is 24.1 Å². The molecule has 0 unspecified atom stereocenters. The van der Waals surface area contributed by atoms with E-state index in [1.54, 1.807) is 0 Å². The summed E-state index contributed by atoms with van der Waals surface area (Å²) >= 11 is 1.38. The molecule has 0 aromatic carbocycles. The first-order valence-electron chi connectivity index (χ1n) is 2.99. The predicted octanol–water partition coefficient (Wildman–Crippen LogP) is 0.995. The van der Waals surface area contributed by atoms with Crippen LogP contribution in [-0.2, 0) is 0 Å². The highest BCUT2D eigenvalue weighted by Gasteiger charge is 1.99. The molecule has 0 fully saturated rings. The molecule has 4 nitrogen and oxygen atoms in total. The Morgan fingerprint density at radius 1 is 1.18 bits per heavy atom. The van der Waals surface area contributed by atoms with Gasteiger partial charge in [-0.3, -0.25) is 0 Å². The van der Waals surface area contributed by atoms with Crippen molar-refractivity contribution in [2.24, 2.45) is 0 Å². The highest BCUT2D eigenvalue weighted by atomic mass is 32.1. The molecule has 2 heterocycles. The highest BCUT2D eigenvalue weighted by Crippen LogP contribution is 2.10. The van der Waals surface area contributed by atoms with Crippen LogP contribution in [0.1, 0.15) is 0 Å². The molecular weight excluding hydrogens is 160 g/mol. The molecule has 2 aromatic heterocycles. The van der Waals surface area contributed by atoms with Crippen LogP contribution in [0.2, 0.25) is 0 Å². The second-order valence-electron chi connectivity index (χ2n) is 1.85. The zero-order chi connectivity index (χ0) is 7.52. The minimum Gasteiger partial charge on any atom is -0.225 e. The summed E-state index contributed by atoms with van der Waals surface area (Å²) in [4.78, 5) is 11.6. The molecule has 0 saturated heterocycles. The van der Waals surface area contributed by atoms with Gasteiger partial charge in [0.1, 0.15) is 18.3 Å². The van der Waals surface area contributed by atoms with Crippen LogP contribution in [0.15, 0.2) is 24.1 Å². The first-order chi connectivity index (χ1) is 5.47. The van der Waals surface area contributed by atoms with Gasteiger partial charge in [-0.25, -0.2) is 15.0 Å². The van der Waals surface area contributed by atoms with E-state index in [9.17, 15) is 0 Å². The van der Waals surface area contributed by atoms with Crippen LogP contribution < -0.4 is 0 Å². The van der Waals surface area contributed by atoms with Crippen LogP contribution in [0.5, 0.6) is 0 Å². The third-order valence-corrected chi connectivity index (χ3v) is 1.72. The van der Waals surface area contributed by atoms with Gasteiger partial charge in [-0.1, -0.05) is 0 Å². The molecule has 2 rings (SSSR count). The van der Waals surface area contributed by atoms with Gasteiger partial charge in [0.25, 0.3) is 0 Å². The summed E-state index contributed by atoms with van der Waals surface area (Å²) in [6.07, 6.45) is 2.92. The maximum atomic E-state index is 4.08. The fourth-order valence-corrected chi connectivity index (χ4v) is 1.21. The molecule has 0 aliphatic rings. The normalized spacial score (nSPS) is 9.82. The summed E-state index contributed by atoms with van der Waals surface area (Å²) in [5, 5.41) is 1.89. The molecule has 0 N–H and O–H groups in total. The number of rotatable bonds is 1. The molecule has 0 amide bonds. The summed E-state index contributed by atoms with van der Waals surface area (Å²) in [5.41, 5.74) is 0.803. The minimum atomic E-state index is 0.626. The van der Waals surface area contributed by atoms with Crippen molar-refractivity contribution in [3.8, 4) is 11.5 Å². The predicted molar refractivity (Wildman–Crippen MR) is 40.9 cm³/mol. The van der Waals surface area contributed by atoms with E-state index in [4.69, 9.17) is 0 Å². The van der Waals surface area contributed by atoms with Crippen molar-refractivity contribution in [2.75, 3.05) is 0 Å². The van der Waals surface area contributed by atoms with E-state index < -0.39 is 0 Å². The minimum absolute atomic E-state index is 0.626. The summed E-state index contributed by atoms with van der Waals surface area (Å²) < 4.78 is 4.08. The number of nitrogens with zero attached hydrogens (tertiary/aromatic N) is 4. The van der Waals surface area contributed by atoms with Crippen LogP contribution in [0, 0.1) is 0 Å². The number of hydrogen-bond acceptors (Lipinski definition) is 5. The monoisotopic (exact) mass is 164 g/mol. The maximum Gasteiger partial charge on any atom is 0.182 e. The Balaban J connectivity index is 2.46. The van der Waals surface area contributed by atoms with Crippen molar-refractivity contribution in [3.63, 3.8) is 0 Å². The summed E-state index contributed by atoms with van der Waals surface area (Å²) in [7, 11) is 0. The van der Waals surface area contributed by atoms with Crippen molar-refractivity contribution in [1.29, 1.82) is 0 Å². The van der Waals surface area contributed by atoms with Crippen LogP contribution in [0.4, 0.5) is 0 Å². The Hall–Kier alpha value is -1.36. The lowest BCUT2D eigenvalue weighted by Crippen LogP contribution is -1.87. The smallest absolute Gasteiger partial charge is 0.182 e. The van der Waals surface area contributed by atoms with Gasteiger partial charge in [0.05, 0.1) is 0 Å². The molecule has 54 valence electrons. The van der Waals surface area contributed by atoms with Gasteiger partial charge in [-0.2, -0.15) is 4.37 Å². The van der Waals surface area contributed by atoms with E-state index in [2.05, 4.69) is 19.3 Å². The third-order valence-electron chi connectivity index (χ3n) is 1.16. The zero-order valence-corrected chi connectivity index (χ0v) is 6.32. The number of hydrogen-bond donors (Lipinski definition) is 0. The van der Waals surface area contributed by atoms with Gasteiger partial charge in [-0.05, 0) is 17.6 Å². The quantitative estimate of drug-likeness (QED) is 0.630. The SMILES string of the molecule is c1ncnc(-c2ccsn2)n1. The number of aromatic nitrogens is 4. The molecule has 0 atom stereocenters. The highest BCUT2D eigenvalue weighted by molar-refractivity contribution is 7.03. The van der Waals surface area contributed by atoms with Crippen molar-refractivity contribution < 1.29 is 0 Å². The first kappa shape index (κ1) is 6.36. The lowest BCUT2D eigenvalue weighted by Gasteiger charge is -1.89. The standard InChI is InChI=1S/C6H4N4S/c1-2-11-10-5(1)6-8-3-7-4-9-6/h1-4H. The van der Waals surface area contributed by atoms with E-state index in [-0.39, 0.29) is 0 Å². The van der Waals surface area contributed by atoms with Gasteiger partial charge in [-0.15, -0.1) is 0 Å². The zero-order valence-electron chi connectivity index (χ0n) is 5.51. The Morgan fingerprint density at radius 3 is 2.64 bits per heavy atom. The van der Waals surface area contributed by atoms with Crippen molar-refractivity contribution >= 4 is 11.5 Å². The van der Waals surface area contributed by atoms with Gasteiger partial charge in [0.2, 0.25) is 0 Å². The molecule has 11 heavy (non-hydrogen) atoms. The second kappa shape index (κ2) is 2.71. The molecule has 5 heteroatoms. The molecule has 0 aliphatic carbocycles. The van der Waals surface area contributed by atoms with E-state index in [0.717, 1.165) is 5.69 Å². The lowest BCUT2D eigenvalue weighted by molar-refractivity contribution is 1.05. The topological polar surface area (TPSA) is 51.6 Å². The van der Waals surface area contributed by atoms with E-state index in [1.165, 1.54) is 24.2 Å². The largest absolute Gasteiger partial charge is 0.225 e. The summed E-state index contributed by atoms with van der Waals surface area (Å²) in [6.45, 7) is 0. The molecule has 0 aliphatic heterocycles. The van der Waals surface area contributed by atoms with E-state index >= 15 is 0 Å². The molecule has 0 bridgehead atoms. The first-order valence-corrected chi connectivity index (χ1v) is 3.83. The van der Waals surface area contributed by atoms with Gasteiger partial charge in [0.15, 0.2) is 5.82 Å². The third kappa shape index (κ3) is 1.22. The molecule has 0 saturated carbocycles. The molecular formula is C6H4N4S. The van der Waals surface area contributed by atoms with E-state index in [1.807, 2.05) is 11.4 Å². The average molecular weight is 164 g/mol. The average Bonchev–Trinajstić information content (AvgIpc) is 2.58. The Bertz CT molecular complexity index is 318. The van der Waals surface area contributed by atoms with Crippen LogP contribution in [0.25, 0.3) is 11.5 Å². The molecule has 2 aromatic rings. The van der Waals surface area contributed by atoms with Gasteiger partial charge in [0, 0.05) is 5.38 Å². The summed E-state index contributed by atoms with van der Waals surface area (Å²) in [6, 6.07) is 1.88. The van der Waals surface area contributed by atoms with Crippen molar-refractivity contribution in [2.45, 2.75) is 0 Å². The molecule has 0 spiro atoms. The van der Waals surface area contributed by atoms with Gasteiger partial charge >= 0.3 is 0 Å². The Morgan fingerprint density at radius 2 is 2.00 bits per heavy atom. The van der Waals surface area contributed by atoms with Gasteiger partial charge < -0.3 is 0 Å². The van der Waals surface area contributed by atoms with E-state index in [0.29, 0.717) is 5.82 Å². The van der Waals surface area contributed by atoms with Crippen LogP contribution >= 0.6 is 11.5 Å². The Labute approximate surface area is 67.1 Å². The maximum absolute atomic E-state index is 4.08. The van der Waals surface area contributed by atoms with Crippen LogP contribution in [-0.4, -0.2) is 19.3 Å². The molecule has 0 radical (unpaired) electrons. The lowest BCUT2D eigenvalue weighted by atomic mass is 10.4. The fraction of sp³-hybridized carbons (Fsp3) is 0.